The van der Waals surface area contributed by atoms with Crippen molar-refractivity contribution in [3.05, 3.63) is 47.6 Å². The van der Waals surface area contributed by atoms with Gasteiger partial charge >= 0.3 is 0 Å². The van der Waals surface area contributed by atoms with E-state index in [0.717, 1.165) is 22.4 Å². The highest BCUT2D eigenvalue weighted by Crippen LogP contribution is 2.44. The summed E-state index contributed by atoms with van der Waals surface area (Å²) in [6.07, 6.45) is 7.23. The van der Waals surface area contributed by atoms with Crippen LogP contribution >= 0.6 is 0 Å². The predicted molar refractivity (Wildman–Crippen MR) is 71.1 cm³/mol. The van der Waals surface area contributed by atoms with Gasteiger partial charge in [-0.15, -0.1) is 0 Å². The van der Waals surface area contributed by atoms with Crippen LogP contribution in [0.5, 0.6) is 0 Å². The van der Waals surface area contributed by atoms with Gasteiger partial charge in [-0.2, -0.15) is 0 Å². The lowest BCUT2D eigenvalue weighted by atomic mass is 9.87. The van der Waals surface area contributed by atoms with Gasteiger partial charge in [0.05, 0.1) is 5.60 Å². The Kier molecular flexibility index (Phi) is 2.38. The molecule has 1 atom stereocenters. The van der Waals surface area contributed by atoms with Crippen LogP contribution < -0.4 is 5.32 Å². The van der Waals surface area contributed by atoms with Crippen LogP contribution in [0, 0.1) is 0 Å². The number of aliphatic hydroxyl groups is 1. The summed E-state index contributed by atoms with van der Waals surface area (Å²) in [5.74, 6) is -0.0787. The van der Waals surface area contributed by atoms with Crippen molar-refractivity contribution in [3.63, 3.8) is 0 Å². The van der Waals surface area contributed by atoms with Gasteiger partial charge in [-0.3, -0.25) is 4.79 Å². The minimum Gasteiger partial charge on any atom is -0.384 e. The van der Waals surface area contributed by atoms with Crippen LogP contribution in [-0.4, -0.2) is 16.6 Å². The van der Waals surface area contributed by atoms with Gasteiger partial charge in [-0.1, -0.05) is 24.3 Å². The molecule has 0 bridgehead atoms. The number of allylic oxidation sites excluding steroid dienone is 2. The summed E-state index contributed by atoms with van der Waals surface area (Å²) < 4.78 is 0. The number of anilines is 1. The fourth-order valence-corrected chi connectivity index (χ4v) is 2.80. The van der Waals surface area contributed by atoms with Gasteiger partial charge in [0, 0.05) is 19.0 Å². The maximum absolute atomic E-state index is 11.0. The fraction of sp³-hybridized carbons (Fsp3) is 0.267. The molecule has 1 unspecified atom stereocenters. The molecule has 92 valence electrons. The lowest BCUT2D eigenvalue weighted by Gasteiger charge is -2.25. The number of carbonyl (C=O) groups is 1. The van der Waals surface area contributed by atoms with Crippen LogP contribution in [0.1, 0.15) is 24.5 Å². The lowest BCUT2D eigenvalue weighted by molar-refractivity contribution is -0.114. The molecule has 0 saturated heterocycles. The quantitative estimate of drug-likeness (QED) is 0.792. The Hall–Kier alpha value is -1.87. The molecule has 3 nitrogen and oxygen atoms in total. The van der Waals surface area contributed by atoms with Crippen molar-refractivity contribution in [2.24, 2.45) is 0 Å². The zero-order chi connectivity index (χ0) is 12.8. The SMILES string of the molecule is CC(=O)Nc1ccc2c(c1)CC1(O)CC=CC=C21. The van der Waals surface area contributed by atoms with Crippen LogP contribution in [0.2, 0.25) is 0 Å². The van der Waals surface area contributed by atoms with Crippen LogP contribution in [0.15, 0.2) is 36.4 Å². The lowest BCUT2D eigenvalue weighted by Crippen LogP contribution is -2.28. The smallest absolute Gasteiger partial charge is 0.221 e. The first-order chi connectivity index (χ1) is 8.58. The summed E-state index contributed by atoms with van der Waals surface area (Å²) in [7, 11) is 0. The molecule has 0 spiro atoms. The first kappa shape index (κ1) is 11.2. The van der Waals surface area contributed by atoms with Crippen molar-refractivity contribution in [1.29, 1.82) is 0 Å². The van der Waals surface area contributed by atoms with Crippen LogP contribution in [0.25, 0.3) is 5.57 Å². The number of hydrogen-bond acceptors (Lipinski definition) is 2. The van der Waals surface area contributed by atoms with E-state index in [1.807, 2.05) is 36.4 Å². The first-order valence-electron chi connectivity index (χ1n) is 6.09. The van der Waals surface area contributed by atoms with Gasteiger partial charge < -0.3 is 10.4 Å². The Morgan fingerprint density at radius 2 is 2.28 bits per heavy atom. The number of benzene rings is 1. The molecule has 2 N–H and O–H groups in total. The summed E-state index contributed by atoms with van der Waals surface area (Å²) in [4.78, 5) is 11.0. The molecule has 0 saturated carbocycles. The average molecular weight is 241 g/mol. The Balaban J connectivity index is 2.02. The summed E-state index contributed by atoms with van der Waals surface area (Å²) >= 11 is 0. The van der Waals surface area contributed by atoms with Crippen LogP contribution in [0.3, 0.4) is 0 Å². The molecule has 0 radical (unpaired) electrons. The monoisotopic (exact) mass is 241 g/mol. The van der Waals surface area contributed by atoms with Crippen molar-refractivity contribution >= 4 is 17.2 Å². The molecule has 1 amide bonds. The van der Waals surface area contributed by atoms with E-state index in [2.05, 4.69) is 5.32 Å². The third kappa shape index (κ3) is 1.68. The maximum atomic E-state index is 11.0. The van der Waals surface area contributed by atoms with Gasteiger partial charge in [0.15, 0.2) is 0 Å². The summed E-state index contributed by atoms with van der Waals surface area (Å²) in [5, 5.41) is 13.4. The number of hydrogen-bond donors (Lipinski definition) is 2. The molecule has 1 aromatic rings. The Morgan fingerprint density at radius 1 is 1.44 bits per heavy atom. The summed E-state index contributed by atoms with van der Waals surface area (Å²) in [6.45, 7) is 1.49. The van der Waals surface area contributed by atoms with Gasteiger partial charge in [0.1, 0.15) is 0 Å². The van der Waals surface area contributed by atoms with E-state index in [4.69, 9.17) is 0 Å². The summed E-state index contributed by atoms with van der Waals surface area (Å²) in [6, 6.07) is 5.81. The highest BCUT2D eigenvalue weighted by molar-refractivity contribution is 5.90. The van der Waals surface area contributed by atoms with E-state index >= 15 is 0 Å². The van der Waals surface area contributed by atoms with E-state index in [1.165, 1.54) is 6.92 Å². The molecule has 0 heterocycles. The third-order valence-electron chi connectivity index (χ3n) is 3.55. The minimum absolute atomic E-state index is 0.0787. The maximum Gasteiger partial charge on any atom is 0.221 e. The van der Waals surface area contributed by atoms with E-state index in [0.29, 0.717) is 12.8 Å². The van der Waals surface area contributed by atoms with Crippen molar-refractivity contribution in [1.82, 2.24) is 0 Å². The molecule has 3 heteroatoms. The Bertz CT molecular complexity index is 586. The third-order valence-corrected chi connectivity index (χ3v) is 3.55. The molecule has 0 aromatic heterocycles. The second-order valence-corrected chi connectivity index (χ2v) is 4.97. The van der Waals surface area contributed by atoms with Gasteiger partial charge in [-0.05, 0) is 35.3 Å². The standard InChI is InChI=1S/C15H15NO2/c1-10(17)16-12-5-6-13-11(8-12)9-15(18)7-3-2-4-14(13)15/h2-6,8,18H,7,9H2,1H3,(H,16,17). The Labute approximate surface area is 106 Å². The van der Waals surface area contributed by atoms with E-state index < -0.39 is 5.60 Å². The van der Waals surface area contributed by atoms with Gasteiger partial charge in [0.25, 0.3) is 0 Å². The predicted octanol–water partition coefficient (Wildman–Crippen LogP) is 2.28. The van der Waals surface area contributed by atoms with Gasteiger partial charge in [-0.25, -0.2) is 0 Å². The van der Waals surface area contributed by atoms with Gasteiger partial charge in [0.2, 0.25) is 5.91 Å². The highest BCUT2D eigenvalue weighted by Gasteiger charge is 2.39. The molecule has 18 heavy (non-hydrogen) atoms. The molecule has 3 rings (SSSR count). The molecule has 1 aromatic carbocycles. The van der Waals surface area contributed by atoms with Crippen LogP contribution in [-0.2, 0) is 11.2 Å². The van der Waals surface area contributed by atoms with Crippen LogP contribution in [0.4, 0.5) is 5.69 Å². The number of amides is 1. The fourth-order valence-electron chi connectivity index (χ4n) is 2.80. The average Bonchev–Trinajstić information content (AvgIpc) is 2.59. The molecule has 0 aliphatic heterocycles. The molecule has 2 aliphatic carbocycles. The van der Waals surface area contributed by atoms with E-state index in [-0.39, 0.29) is 5.91 Å². The molecule has 2 aliphatic rings. The number of fused-ring (bicyclic) bond motifs is 3. The van der Waals surface area contributed by atoms with Crippen molar-refractivity contribution in [3.8, 4) is 0 Å². The Morgan fingerprint density at radius 3 is 3.06 bits per heavy atom. The van der Waals surface area contributed by atoms with E-state index in [9.17, 15) is 9.90 Å². The summed E-state index contributed by atoms with van der Waals surface area (Å²) in [5.41, 5.74) is 3.22. The zero-order valence-electron chi connectivity index (χ0n) is 10.2. The number of rotatable bonds is 1. The number of nitrogens with one attached hydrogen (secondary N) is 1. The molecular weight excluding hydrogens is 226 g/mol. The van der Waals surface area contributed by atoms with Crippen molar-refractivity contribution in [2.45, 2.75) is 25.4 Å². The second-order valence-electron chi connectivity index (χ2n) is 4.97. The number of carbonyl (C=O) groups excluding carboxylic acids is 1. The van der Waals surface area contributed by atoms with E-state index in [1.54, 1.807) is 0 Å². The highest BCUT2D eigenvalue weighted by atomic mass is 16.3. The zero-order valence-corrected chi connectivity index (χ0v) is 10.2. The minimum atomic E-state index is -0.758. The molecule has 0 fully saturated rings. The molecular formula is C15H15NO2. The van der Waals surface area contributed by atoms with Crippen molar-refractivity contribution in [2.75, 3.05) is 5.32 Å². The second kappa shape index (κ2) is 3.82. The normalized spacial score (nSPS) is 24.2. The largest absolute Gasteiger partial charge is 0.384 e. The first-order valence-corrected chi connectivity index (χ1v) is 6.09. The van der Waals surface area contributed by atoms with Crippen molar-refractivity contribution < 1.29 is 9.90 Å². The topological polar surface area (TPSA) is 49.3 Å².